The zero-order valence-electron chi connectivity index (χ0n) is 11.7. The Bertz CT molecular complexity index is 511. The molecule has 1 aromatic carbocycles. The Labute approximate surface area is 114 Å². The molecule has 1 heterocycles. The van der Waals surface area contributed by atoms with Crippen LogP contribution in [0, 0.1) is 0 Å². The van der Waals surface area contributed by atoms with Gasteiger partial charge in [-0.3, -0.25) is 4.90 Å². The van der Waals surface area contributed by atoms with E-state index in [-0.39, 0.29) is 6.04 Å². The maximum absolute atomic E-state index is 5.98. The summed E-state index contributed by atoms with van der Waals surface area (Å²) in [4.78, 5) is 2.55. The van der Waals surface area contributed by atoms with Crippen LogP contribution in [0.3, 0.4) is 0 Å². The first-order valence-corrected chi connectivity index (χ1v) is 7.21. The van der Waals surface area contributed by atoms with Gasteiger partial charge in [-0.2, -0.15) is 0 Å². The lowest BCUT2D eigenvalue weighted by Crippen LogP contribution is -2.35. The predicted octanol–water partition coefficient (Wildman–Crippen LogP) is 3.18. The summed E-state index contributed by atoms with van der Waals surface area (Å²) in [6.07, 6.45) is 2.70. The number of para-hydroxylation sites is 1. The van der Waals surface area contributed by atoms with Gasteiger partial charge in [0.15, 0.2) is 0 Å². The number of nitrogens with one attached hydrogen (secondary N) is 1. The highest BCUT2D eigenvalue weighted by Crippen LogP contribution is 2.30. The van der Waals surface area contributed by atoms with E-state index in [4.69, 9.17) is 4.42 Å². The number of rotatable bonds is 6. The van der Waals surface area contributed by atoms with E-state index in [1.807, 2.05) is 19.2 Å². The number of benzene rings is 1. The molecule has 0 spiro atoms. The Balaban J connectivity index is 1.80. The average Bonchev–Trinajstić information content (AvgIpc) is 3.18. The van der Waals surface area contributed by atoms with Crippen LogP contribution in [0.2, 0.25) is 0 Å². The number of hydrogen-bond donors (Lipinski definition) is 1. The maximum Gasteiger partial charge on any atom is 0.134 e. The Morgan fingerprint density at radius 2 is 2.16 bits per heavy atom. The molecule has 1 aliphatic rings. The van der Waals surface area contributed by atoms with Crippen LogP contribution in [0.1, 0.15) is 31.6 Å². The van der Waals surface area contributed by atoms with E-state index < -0.39 is 0 Å². The molecule has 2 aromatic rings. The average molecular weight is 258 g/mol. The molecule has 0 radical (unpaired) electrons. The summed E-state index contributed by atoms with van der Waals surface area (Å²) in [5.41, 5.74) is 0.979. The molecule has 1 fully saturated rings. The first-order valence-electron chi connectivity index (χ1n) is 7.21. The standard InChI is InChI=1S/C16H22N2O/c1-3-18(13-8-9-13)11-14(17-2)16-10-12-6-4-5-7-15(12)19-16/h4-7,10,13-14,17H,3,8-9,11H2,1-2H3. The van der Waals surface area contributed by atoms with Crippen LogP contribution in [-0.4, -0.2) is 31.1 Å². The molecule has 102 valence electrons. The fourth-order valence-corrected chi connectivity index (χ4v) is 2.71. The first kappa shape index (κ1) is 12.7. The highest BCUT2D eigenvalue weighted by Gasteiger charge is 2.30. The van der Waals surface area contributed by atoms with Crippen LogP contribution in [0.5, 0.6) is 0 Å². The Morgan fingerprint density at radius 3 is 2.79 bits per heavy atom. The second kappa shape index (κ2) is 5.35. The van der Waals surface area contributed by atoms with Gasteiger partial charge in [-0.15, -0.1) is 0 Å². The number of hydrogen-bond acceptors (Lipinski definition) is 3. The quantitative estimate of drug-likeness (QED) is 0.862. The van der Waals surface area contributed by atoms with Gasteiger partial charge in [-0.05, 0) is 38.6 Å². The lowest BCUT2D eigenvalue weighted by atomic mass is 10.2. The molecule has 1 aromatic heterocycles. The molecule has 1 atom stereocenters. The fourth-order valence-electron chi connectivity index (χ4n) is 2.71. The molecule has 1 aliphatic carbocycles. The van der Waals surface area contributed by atoms with Crippen LogP contribution in [0.15, 0.2) is 34.7 Å². The fraction of sp³-hybridized carbons (Fsp3) is 0.500. The maximum atomic E-state index is 5.98. The molecule has 3 rings (SSSR count). The van der Waals surface area contributed by atoms with Gasteiger partial charge in [0.05, 0.1) is 6.04 Å². The monoisotopic (exact) mass is 258 g/mol. The molecular formula is C16H22N2O. The molecular weight excluding hydrogens is 236 g/mol. The van der Waals surface area contributed by atoms with E-state index in [1.165, 1.54) is 18.2 Å². The second-order valence-corrected chi connectivity index (χ2v) is 5.35. The lowest BCUT2D eigenvalue weighted by molar-refractivity contribution is 0.237. The van der Waals surface area contributed by atoms with Crippen molar-refractivity contribution >= 4 is 11.0 Å². The summed E-state index contributed by atoms with van der Waals surface area (Å²) in [6, 6.07) is 11.4. The third kappa shape index (κ3) is 2.67. The predicted molar refractivity (Wildman–Crippen MR) is 78.3 cm³/mol. The van der Waals surface area contributed by atoms with Gasteiger partial charge in [0.2, 0.25) is 0 Å². The summed E-state index contributed by atoms with van der Waals surface area (Å²) in [5.74, 6) is 1.04. The van der Waals surface area contributed by atoms with Crippen molar-refractivity contribution in [2.24, 2.45) is 0 Å². The third-order valence-corrected chi connectivity index (χ3v) is 4.02. The number of furan rings is 1. The van der Waals surface area contributed by atoms with Crippen LogP contribution in [0.4, 0.5) is 0 Å². The van der Waals surface area contributed by atoms with Crippen molar-refractivity contribution in [2.75, 3.05) is 20.1 Å². The molecule has 0 bridgehead atoms. The van der Waals surface area contributed by atoms with Gasteiger partial charge < -0.3 is 9.73 Å². The second-order valence-electron chi connectivity index (χ2n) is 5.35. The molecule has 0 aliphatic heterocycles. The van der Waals surface area contributed by atoms with Crippen LogP contribution < -0.4 is 5.32 Å². The van der Waals surface area contributed by atoms with Gasteiger partial charge in [-0.25, -0.2) is 0 Å². The molecule has 3 nitrogen and oxygen atoms in total. The van der Waals surface area contributed by atoms with E-state index in [9.17, 15) is 0 Å². The summed E-state index contributed by atoms with van der Waals surface area (Å²) in [7, 11) is 2.01. The summed E-state index contributed by atoms with van der Waals surface area (Å²) >= 11 is 0. The van der Waals surface area contributed by atoms with Crippen molar-refractivity contribution in [1.82, 2.24) is 10.2 Å². The Kier molecular flexibility index (Phi) is 3.58. The van der Waals surface area contributed by atoms with Gasteiger partial charge in [0.25, 0.3) is 0 Å². The van der Waals surface area contributed by atoms with E-state index >= 15 is 0 Å². The van der Waals surface area contributed by atoms with E-state index in [1.54, 1.807) is 0 Å². The van der Waals surface area contributed by atoms with E-state index in [2.05, 4.69) is 35.3 Å². The van der Waals surface area contributed by atoms with E-state index in [0.29, 0.717) is 0 Å². The van der Waals surface area contributed by atoms with Crippen molar-refractivity contribution < 1.29 is 4.42 Å². The highest BCUT2D eigenvalue weighted by atomic mass is 16.3. The van der Waals surface area contributed by atoms with Gasteiger partial charge in [-0.1, -0.05) is 25.1 Å². The van der Waals surface area contributed by atoms with Crippen molar-refractivity contribution in [3.05, 3.63) is 36.1 Å². The summed E-state index contributed by atoms with van der Waals surface area (Å²) in [6.45, 7) is 4.38. The van der Waals surface area contributed by atoms with Crippen LogP contribution in [-0.2, 0) is 0 Å². The number of likely N-dealkylation sites (N-methyl/N-ethyl adjacent to an activating group) is 2. The number of nitrogens with zero attached hydrogens (tertiary/aromatic N) is 1. The molecule has 1 saturated carbocycles. The van der Waals surface area contributed by atoms with Crippen molar-refractivity contribution in [3.63, 3.8) is 0 Å². The minimum absolute atomic E-state index is 0.271. The van der Waals surface area contributed by atoms with Crippen LogP contribution >= 0.6 is 0 Å². The summed E-state index contributed by atoms with van der Waals surface area (Å²) in [5, 5.41) is 4.58. The molecule has 0 amide bonds. The molecule has 0 saturated heterocycles. The summed E-state index contributed by atoms with van der Waals surface area (Å²) < 4.78 is 5.98. The first-order chi connectivity index (χ1) is 9.31. The lowest BCUT2D eigenvalue weighted by Gasteiger charge is -2.24. The van der Waals surface area contributed by atoms with Gasteiger partial charge in [0, 0.05) is 18.0 Å². The SMILES string of the molecule is CCN(CC(NC)c1cc2ccccc2o1)C1CC1. The van der Waals surface area contributed by atoms with Crippen LogP contribution in [0.25, 0.3) is 11.0 Å². The minimum atomic E-state index is 0.271. The third-order valence-electron chi connectivity index (χ3n) is 4.02. The van der Waals surface area contributed by atoms with E-state index in [0.717, 1.165) is 30.5 Å². The number of fused-ring (bicyclic) bond motifs is 1. The Hall–Kier alpha value is -1.32. The normalized spacial score (nSPS) is 17.2. The topological polar surface area (TPSA) is 28.4 Å². The van der Waals surface area contributed by atoms with Crippen molar-refractivity contribution in [3.8, 4) is 0 Å². The minimum Gasteiger partial charge on any atom is -0.459 e. The zero-order valence-corrected chi connectivity index (χ0v) is 11.7. The van der Waals surface area contributed by atoms with Crippen molar-refractivity contribution in [1.29, 1.82) is 0 Å². The molecule has 1 N–H and O–H groups in total. The van der Waals surface area contributed by atoms with Crippen molar-refractivity contribution in [2.45, 2.75) is 31.8 Å². The molecule has 3 heteroatoms. The smallest absolute Gasteiger partial charge is 0.134 e. The molecule has 1 unspecified atom stereocenters. The molecule has 19 heavy (non-hydrogen) atoms. The van der Waals surface area contributed by atoms with Gasteiger partial charge >= 0.3 is 0 Å². The van der Waals surface area contributed by atoms with Gasteiger partial charge in [0.1, 0.15) is 11.3 Å². The Morgan fingerprint density at radius 1 is 1.37 bits per heavy atom. The largest absolute Gasteiger partial charge is 0.459 e. The zero-order chi connectivity index (χ0) is 13.2. The highest BCUT2D eigenvalue weighted by molar-refractivity contribution is 5.77.